The number of amides is 2. The predicted octanol–water partition coefficient (Wildman–Crippen LogP) is 5.02. The van der Waals surface area contributed by atoms with Gasteiger partial charge in [0.15, 0.2) is 0 Å². The summed E-state index contributed by atoms with van der Waals surface area (Å²) in [6.07, 6.45) is 1.98. The molecule has 0 saturated carbocycles. The molecule has 0 aromatic heterocycles. The number of piperidine rings is 1. The Morgan fingerprint density at radius 1 is 1.25 bits per heavy atom. The summed E-state index contributed by atoms with van der Waals surface area (Å²) >= 11 is 13.0. The molecule has 1 aromatic rings. The summed E-state index contributed by atoms with van der Waals surface area (Å²) in [6, 6.07) is 3.73. The van der Waals surface area contributed by atoms with Gasteiger partial charge >= 0.3 is 6.03 Å². The summed E-state index contributed by atoms with van der Waals surface area (Å²) in [4.78, 5) is 16.8. The van der Waals surface area contributed by atoms with Gasteiger partial charge in [-0.1, -0.05) is 54.8 Å². The van der Waals surface area contributed by atoms with Gasteiger partial charge in [-0.05, 0) is 51.5 Å². The Morgan fingerprint density at radius 2 is 1.86 bits per heavy atom. The van der Waals surface area contributed by atoms with E-state index < -0.39 is 8.07 Å². The molecule has 1 heterocycles. The zero-order chi connectivity index (χ0) is 21.1. The zero-order valence-electron chi connectivity index (χ0n) is 17.7. The summed E-state index contributed by atoms with van der Waals surface area (Å²) in [6.45, 7) is 10.5. The van der Waals surface area contributed by atoms with Crippen molar-refractivity contribution in [1.82, 2.24) is 15.1 Å². The molecule has 154 valence electrons. The van der Waals surface area contributed by atoms with Gasteiger partial charge in [-0.2, -0.15) is 0 Å². The third-order valence-corrected chi connectivity index (χ3v) is 6.82. The molecule has 1 N–H and O–H groups in total. The molecule has 1 saturated heterocycles. The van der Waals surface area contributed by atoms with Crippen molar-refractivity contribution < 1.29 is 4.79 Å². The molecule has 1 aliphatic rings. The first-order valence-electron chi connectivity index (χ1n) is 9.72. The van der Waals surface area contributed by atoms with Crippen LogP contribution in [0.4, 0.5) is 4.79 Å². The first kappa shape index (κ1) is 23.1. The van der Waals surface area contributed by atoms with Crippen LogP contribution in [-0.4, -0.2) is 57.1 Å². The number of likely N-dealkylation sites (tertiary alicyclic amines) is 1. The number of hydrogen-bond donors (Lipinski definition) is 1. The maximum absolute atomic E-state index is 12.7. The highest BCUT2D eigenvalue weighted by atomic mass is 35.5. The molecule has 0 bridgehead atoms. The van der Waals surface area contributed by atoms with Crippen molar-refractivity contribution in [2.24, 2.45) is 0 Å². The minimum atomic E-state index is -1.50. The molecule has 2 amide bonds. The van der Waals surface area contributed by atoms with Crippen molar-refractivity contribution in [2.45, 2.75) is 51.5 Å². The van der Waals surface area contributed by atoms with E-state index in [2.05, 4.69) is 48.4 Å². The monoisotopic (exact) mass is 439 g/mol. The van der Waals surface area contributed by atoms with Crippen molar-refractivity contribution >= 4 is 37.3 Å². The average Bonchev–Trinajstić information content (AvgIpc) is 2.62. The van der Waals surface area contributed by atoms with E-state index in [1.807, 2.05) is 31.0 Å². The standard InChI is InChI=1S/C21H31Cl2N3OSi/c1-15(24-21(27)26(3)17-9-12-25(2)13-10-17)18-8-7-16(19(22)20(18)23)11-14-28(4,5)6/h7-8,15,17H,9-10,12-13H2,1-6H3,(H,24,27). The number of urea groups is 1. The lowest BCUT2D eigenvalue weighted by Crippen LogP contribution is -2.48. The Labute approximate surface area is 180 Å². The van der Waals surface area contributed by atoms with Crippen LogP contribution in [0.3, 0.4) is 0 Å². The third-order valence-electron chi connectivity index (χ3n) is 5.05. The molecule has 1 aliphatic heterocycles. The highest BCUT2D eigenvalue weighted by Gasteiger charge is 2.25. The summed E-state index contributed by atoms with van der Waals surface area (Å²) < 4.78 is 0. The van der Waals surface area contributed by atoms with Gasteiger partial charge < -0.3 is 15.1 Å². The molecule has 0 radical (unpaired) electrons. The van der Waals surface area contributed by atoms with Crippen molar-refractivity contribution in [2.75, 3.05) is 27.2 Å². The van der Waals surface area contributed by atoms with Crippen molar-refractivity contribution in [3.63, 3.8) is 0 Å². The summed E-state index contributed by atoms with van der Waals surface area (Å²) in [7, 11) is 2.48. The van der Waals surface area contributed by atoms with E-state index in [9.17, 15) is 4.79 Å². The Kier molecular flexibility index (Phi) is 7.86. The lowest BCUT2D eigenvalue weighted by Gasteiger charge is -2.35. The topological polar surface area (TPSA) is 35.6 Å². The molecule has 0 spiro atoms. The van der Waals surface area contributed by atoms with E-state index in [1.54, 1.807) is 0 Å². The summed E-state index contributed by atoms with van der Waals surface area (Å²) in [5.41, 5.74) is 4.84. The van der Waals surface area contributed by atoms with E-state index in [0.29, 0.717) is 10.0 Å². The summed E-state index contributed by atoms with van der Waals surface area (Å²) in [5.74, 6) is 3.16. The van der Waals surface area contributed by atoms with Crippen LogP contribution >= 0.6 is 23.2 Å². The number of hydrogen-bond acceptors (Lipinski definition) is 2. The zero-order valence-corrected chi connectivity index (χ0v) is 20.2. The van der Waals surface area contributed by atoms with Crippen LogP contribution in [0.5, 0.6) is 0 Å². The highest BCUT2D eigenvalue weighted by Crippen LogP contribution is 2.33. The Morgan fingerprint density at radius 3 is 2.43 bits per heavy atom. The van der Waals surface area contributed by atoms with E-state index in [0.717, 1.165) is 37.1 Å². The van der Waals surface area contributed by atoms with E-state index in [4.69, 9.17) is 23.2 Å². The molecule has 4 nitrogen and oxygen atoms in total. The molecular formula is C21H31Cl2N3OSi. The smallest absolute Gasteiger partial charge is 0.317 e. The molecule has 7 heteroatoms. The van der Waals surface area contributed by atoms with Crippen LogP contribution in [0, 0.1) is 11.5 Å². The van der Waals surface area contributed by atoms with Crippen LogP contribution < -0.4 is 5.32 Å². The lowest BCUT2D eigenvalue weighted by atomic mass is 10.0. The molecule has 1 unspecified atom stereocenters. The fourth-order valence-corrected chi connectivity index (χ4v) is 4.22. The minimum Gasteiger partial charge on any atom is -0.331 e. The van der Waals surface area contributed by atoms with Crippen LogP contribution in [0.25, 0.3) is 0 Å². The van der Waals surface area contributed by atoms with Gasteiger partial charge in [-0.25, -0.2) is 4.79 Å². The molecule has 1 atom stereocenters. The molecule has 28 heavy (non-hydrogen) atoms. The largest absolute Gasteiger partial charge is 0.331 e. The van der Waals surface area contributed by atoms with Crippen molar-refractivity contribution in [1.29, 1.82) is 0 Å². The molecule has 1 aromatic carbocycles. The second-order valence-electron chi connectivity index (χ2n) is 8.65. The van der Waals surface area contributed by atoms with Crippen LogP contribution in [-0.2, 0) is 0 Å². The van der Waals surface area contributed by atoms with E-state index in [-0.39, 0.29) is 18.1 Å². The number of nitrogens with one attached hydrogen (secondary N) is 1. The van der Waals surface area contributed by atoms with Crippen molar-refractivity contribution in [3.05, 3.63) is 33.3 Å². The Bertz CT molecular complexity index is 774. The highest BCUT2D eigenvalue weighted by molar-refractivity contribution is 6.83. The van der Waals surface area contributed by atoms with Gasteiger partial charge in [0.1, 0.15) is 8.07 Å². The van der Waals surface area contributed by atoms with Gasteiger partial charge in [-0.3, -0.25) is 0 Å². The number of rotatable bonds is 3. The second-order valence-corrected chi connectivity index (χ2v) is 14.2. The maximum atomic E-state index is 12.7. The summed E-state index contributed by atoms with van der Waals surface area (Å²) in [5, 5.41) is 3.96. The van der Waals surface area contributed by atoms with E-state index in [1.165, 1.54) is 0 Å². The number of benzene rings is 1. The predicted molar refractivity (Wildman–Crippen MR) is 122 cm³/mol. The maximum Gasteiger partial charge on any atom is 0.317 e. The SMILES string of the molecule is CC(NC(=O)N(C)C1CCN(C)CC1)c1ccc(C#C[Si](C)(C)C)c(Cl)c1Cl. The quantitative estimate of drug-likeness (QED) is 0.529. The first-order valence-corrected chi connectivity index (χ1v) is 14.0. The van der Waals surface area contributed by atoms with Crippen molar-refractivity contribution in [3.8, 4) is 11.5 Å². The number of carbonyl (C=O) groups excluding carboxylic acids is 1. The van der Waals surface area contributed by atoms with Gasteiger partial charge in [0, 0.05) is 18.7 Å². The van der Waals surface area contributed by atoms with E-state index >= 15 is 0 Å². The molecule has 0 aliphatic carbocycles. The fraction of sp³-hybridized carbons (Fsp3) is 0.571. The van der Waals surface area contributed by atoms with Gasteiger partial charge in [0.2, 0.25) is 0 Å². The number of carbonyl (C=O) groups is 1. The van der Waals surface area contributed by atoms with Crippen LogP contribution in [0.1, 0.15) is 36.9 Å². The minimum absolute atomic E-state index is 0.0863. The molecule has 1 fully saturated rings. The third kappa shape index (κ3) is 6.15. The molecule has 2 rings (SSSR count). The average molecular weight is 440 g/mol. The molecular weight excluding hydrogens is 409 g/mol. The second kappa shape index (κ2) is 9.54. The van der Waals surface area contributed by atoms with Gasteiger partial charge in [0.05, 0.1) is 16.1 Å². The first-order chi connectivity index (χ1) is 13.0. The lowest BCUT2D eigenvalue weighted by molar-refractivity contribution is 0.146. The Hall–Kier alpha value is -1.19. The number of halogens is 2. The Balaban J connectivity index is 2.09. The van der Waals surface area contributed by atoms with Crippen LogP contribution in [0.2, 0.25) is 29.7 Å². The normalized spacial score (nSPS) is 16.9. The number of nitrogens with zero attached hydrogens (tertiary/aromatic N) is 2. The van der Waals surface area contributed by atoms with Gasteiger partial charge in [-0.15, -0.1) is 5.54 Å². The van der Waals surface area contributed by atoms with Gasteiger partial charge in [0.25, 0.3) is 0 Å². The van der Waals surface area contributed by atoms with Crippen LogP contribution in [0.15, 0.2) is 12.1 Å². The fourth-order valence-electron chi connectivity index (χ4n) is 3.16.